The lowest BCUT2D eigenvalue weighted by atomic mass is 9.96. The summed E-state index contributed by atoms with van der Waals surface area (Å²) in [6.45, 7) is 3.40. The molecule has 0 aliphatic carbocycles. The molecule has 2 aliphatic rings. The van der Waals surface area contributed by atoms with E-state index in [4.69, 9.17) is 0 Å². The highest BCUT2D eigenvalue weighted by atomic mass is 19.1. The Morgan fingerprint density at radius 1 is 1.22 bits per heavy atom. The molecule has 0 saturated carbocycles. The molecular weight excluding hydrogens is 341 g/mol. The van der Waals surface area contributed by atoms with Gasteiger partial charge in [-0.05, 0) is 62.9 Å². The zero-order chi connectivity index (χ0) is 18.8. The quantitative estimate of drug-likeness (QED) is 0.868. The summed E-state index contributed by atoms with van der Waals surface area (Å²) in [6.07, 6.45) is 7.35. The van der Waals surface area contributed by atoms with Crippen molar-refractivity contribution in [3.63, 3.8) is 0 Å². The largest absolute Gasteiger partial charge is 0.349 e. The van der Waals surface area contributed by atoms with Crippen LogP contribution in [0.3, 0.4) is 0 Å². The number of nitrogens with zero attached hydrogens (tertiary/aromatic N) is 2. The molecule has 0 spiro atoms. The summed E-state index contributed by atoms with van der Waals surface area (Å²) in [5.41, 5.74) is 1.93. The lowest BCUT2D eigenvalue weighted by molar-refractivity contribution is 0.0845. The number of hydrogen-bond donors (Lipinski definition) is 1. The first-order chi connectivity index (χ1) is 13.1. The van der Waals surface area contributed by atoms with Crippen LogP contribution >= 0.6 is 0 Å². The fraction of sp³-hybridized carbons (Fsp3) is 0.455. The number of carbonyl (C=O) groups is 1. The summed E-state index contributed by atoms with van der Waals surface area (Å²) in [4.78, 5) is 19.6. The fourth-order valence-corrected chi connectivity index (χ4v) is 4.63. The molecule has 0 radical (unpaired) electrons. The molecule has 2 bridgehead atoms. The molecule has 2 fully saturated rings. The third-order valence-electron chi connectivity index (χ3n) is 5.85. The van der Waals surface area contributed by atoms with Crippen molar-refractivity contribution in [3.05, 3.63) is 54.0 Å². The third kappa shape index (κ3) is 3.88. The van der Waals surface area contributed by atoms with Crippen molar-refractivity contribution >= 4 is 5.91 Å². The van der Waals surface area contributed by atoms with Crippen molar-refractivity contribution in [2.75, 3.05) is 6.54 Å². The fourth-order valence-electron chi connectivity index (χ4n) is 4.63. The van der Waals surface area contributed by atoms with Gasteiger partial charge in [-0.1, -0.05) is 19.1 Å². The first-order valence-electron chi connectivity index (χ1n) is 9.92. The average Bonchev–Trinajstić information content (AvgIpc) is 2.91. The smallest absolute Gasteiger partial charge is 0.253 e. The van der Waals surface area contributed by atoms with Crippen LogP contribution in [0.5, 0.6) is 0 Å². The lowest BCUT2D eigenvalue weighted by Gasteiger charge is -2.39. The first-order valence-corrected chi connectivity index (χ1v) is 9.92. The number of piperidine rings is 1. The van der Waals surface area contributed by atoms with Crippen LogP contribution in [-0.4, -0.2) is 40.5 Å². The zero-order valence-corrected chi connectivity index (χ0v) is 15.7. The molecule has 1 N–H and O–H groups in total. The van der Waals surface area contributed by atoms with E-state index < -0.39 is 0 Å². The highest BCUT2D eigenvalue weighted by molar-refractivity contribution is 5.94. The predicted molar refractivity (Wildman–Crippen MR) is 104 cm³/mol. The topological polar surface area (TPSA) is 45.2 Å². The van der Waals surface area contributed by atoms with Gasteiger partial charge in [-0.2, -0.15) is 0 Å². The van der Waals surface area contributed by atoms with Crippen LogP contribution in [0.1, 0.15) is 49.4 Å². The van der Waals surface area contributed by atoms with Gasteiger partial charge in [-0.25, -0.2) is 4.39 Å². The standard InChI is InChI=1S/C22H26FN3O/c1-2-10-26-19-7-8-20(26)13-18(12-19)25-22(27)16-6-9-21(24-14-16)15-4-3-5-17(23)11-15/h3-6,9,11,14,18-20H,2,7-8,10,12-13H2,1H3,(H,25,27)/t18-,19+,20-. The first kappa shape index (κ1) is 18.1. The molecule has 4 nitrogen and oxygen atoms in total. The average molecular weight is 367 g/mol. The highest BCUT2D eigenvalue weighted by Crippen LogP contribution is 2.35. The molecule has 2 saturated heterocycles. The van der Waals surface area contributed by atoms with Crippen LogP contribution in [0.25, 0.3) is 11.3 Å². The summed E-state index contributed by atoms with van der Waals surface area (Å²) < 4.78 is 13.4. The molecular formula is C22H26FN3O. The van der Waals surface area contributed by atoms with Crippen LogP contribution in [-0.2, 0) is 0 Å². The maximum atomic E-state index is 13.4. The number of nitrogens with one attached hydrogen (secondary N) is 1. The van der Waals surface area contributed by atoms with Crippen molar-refractivity contribution < 1.29 is 9.18 Å². The molecule has 1 aromatic heterocycles. The summed E-state index contributed by atoms with van der Waals surface area (Å²) in [7, 11) is 0. The SMILES string of the molecule is CCCN1[C@@H]2CC[C@H]1C[C@@H](NC(=O)c1ccc(-c3cccc(F)c3)nc1)C2. The van der Waals surface area contributed by atoms with Gasteiger partial charge in [0.15, 0.2) is 0 Å². The van der Waals surface area contributed by atoms with E-state index in [9.17, 15) is 9.18 Å². The van der Waals surface area contributed by atoms with Gasteiger partial charge in [0.1, 0.15) is 5.82 Å². The number of pyridine rings is 1. The Morgan fingerprint density at radius 2 is 2.00 bits per heavy atom. The number of fused-ring (bicyclic) bond motifs is 2. The maximum absolute atomic E-state index is 13.4. The van der Waals surface area contributed by atoms with Crippen LogP contribution in [0.2, 0.25) is 0 Å². The van der Waals surface area contributed by atoms with E-state index >= 15 is 0 Å². The van der Waals surface area contributed by atoms with Gasteiger partial charge in [-0.15, -0.1) is 0 Å². The molecule has 1 aromatic carbocycles. The molecule has 3 heterocycles. The van der Waals surface area contributed by atoms with Crippen LogP contribution < -0.4 is 5.32 Å². The third-order valence-corrected chi connectivity index (χ3v) is 5.85. The van der Waals surface area contributed by atoms with Crippen LogP contribution in [0.4, 0.5) is 4.39 Å². The number of aromatic nitrogens is 1. The molecule has 2 aromatic rings. The monoisotopic (exact) mass is 367 g/mol. The van der Waals surface area contributed by atoms with Gasteiger partial charge in [0.2, 0.25) is 0 Å². The molecule has 3 atom stereocenters. The Hall–Kier alpha value is -2.27. The highest BCUT2D eigenvalue weighted by Gasteiger charge is 2.40. The molecule has 0 unspecified atom stereocenters. The van der Waals surface area contributed by atoms with E-state index in [0.29, 0.717) is 28.9 Å². The number of hydrogen-bond acceptors (Lipinski definition) is 3. The van der Waals surface area contributed by atoms with E-state index in [1.807, 2.05) is 6.07 Å². The number of amides is 1. The molecule has 142 valence electrons. The minimum atomic E-state index is -0.292. The Balaban J connectivity index is 1.39. The van der Waals surface area contributed by atoms with Gasteiger partial charge >= 0.3 is 0 Å². The van der Waals surface area contributed by atoms with Crippen molar-refractivity contribution in [2.24, 2.45) is 0 Å². The molecule has 2 aliphatic heterocycles. The summed E-state index contributed by atoms with van der Waals surface area (Å²) in [5, 5.41) is 3.20. The number of benzene rings is 1. The maximum Gasteiger partial charge on any atom is 0.253 e. The number of halogens is 1. The van der Waals surface area contributed by atoms with E-state index in [0.717, 1.165) is 12.8 Å². The van der Waals surface area contributed by atoms with Crippen LogP contribution in [0, 0.1) is 5.82 Å². The van der Waals surface area contributed by atoms with Gasteiger partial charge in [0.25, 0.3) is 5.91 Å². The van der Waals surface area contributed by atoms with Crippen molar-refractivity contribution in [2.45, 2.75) is 57.2 Å². The second-order valence-electron chi connectivity index (χ2n) is 7.71. The second-order valence-corrected chi connectivity index (χ2v) is 7.71. The van der Waals surface area contributed by atoms with E-state index in [1.54, 1.807) is 24.4 Å². The van der Waals surface area contributed by atoms with Crippen molar-refractivity contribution in [1.82, 2.24) is 15.2 Å². The number of rotatable bonds is 5. The van der Waals surface area contributed by atoms with E-state index in [2.05, 4.69) is 22.1 Å². The molecule has 4 rings (SSSR count). The summed E-state index contributed by atoms with van der Waals surface area (Å²) >= 11 is 0. The second kappa shape index (κ2) is 7.77. The van der Waals surface area contributed by atoms with Crippen molar-refractivity contribution in [1.29, 1.82) is 0 Å². The summed E-state index contributed by atoms with van der Waals surface area (Å²) in [6, 6.07) is 11.3. The summed E-state index contributed by atoms with van der Waals surface area (Å²) in [5.74, 6) is -0.359. The van der Waals surface area contributed by atoms with Gasteiger partial charge in [0.05, 0.1) is 11.3 Å². The van der Waals surface area contributed by atoms with E-state index in [-0.39, 0.29) is 17.8 Å². The number of carbonyl (C=O) groups excluding carboxylic acids is 1. The predicted octanol–water partition coefficient (Wildman–Crippen LogP) is 4.02. The van der Waals surface area contributed by atoms with Crippen molar-refractivity contribution in [3.8, 4) is 11.3 Å². The van der Waals surface area contributed by atoms with E-state index in [1.165, 1.54) is 37.9 Å². The molecule has 5 heteroatoms. The van der Waals surface area contributed by atoms with Gasteiger partial charge in [-0.3, -0.25) is 14.7 Å². The zero-order valence-electron chi connectivity index (χ0n) is 15.7. The minimum absolute atomic E-state index is 0.0679. The van der Waals surface area contributed by atoms with Crippen LogP contribution in [0.15, 0.2) is 42.6 Å². The molecule has 1 amide bonds. The van der Waals surface area contributed by atoms with Gasteiger partial charge < -0.3 is 5.32 Å². The Bertz CT molecular complexity index is 793. The minimum Gasteiger partial charge on any atom is -0.349 e. The van der Waals surface area contributed by atoms with Gasteiger partial charge in [0, 0.05) is 29.9 Å². The molecule has 27 heavy (non-hydrogen) atoms. The lowest BCUT2D eigenvalue weighted by Crippen LogP contribution is -2.50. The Kier molecular flexibility index (Phi) is 5.21. The normalized spacial score (nSPS) is 24.7. The Labute approximate surface area is 159 Å². The Morgan fingerprint density at radius 3 is 2.63 bits per heavy atom.